The summed E-state index contributed by atoms with van der Waals surface area (Å²) in [6.45, 7) is 0. The fourth-order valence-corrected chi connectivity index (χ4v) is 24.7. The van der Waals surface area contributed by atoms with Gasteiger partial charge in [-0.15, -0.1) is 94.1 Å². The third kappa shape index (κ3) is 16.7. The Morgan fingerprint density at radius 1 is 0.159 bits per heavy atom. The van der Waals surface area contributed by atoms with E-state index in [4.69, 9.17) is 0 Å². The molecule has 0 spiro atoms. The van der Waals surface area contributed by atoms with Crippen molar-refractivity contribution in [1.29, 1.82) is 0 Å². The van der Waals surface area contributed by atoms with Crippen LogP contribution in [0, 0.1) is 0 Å². The zero-order valence-electron chi connectivity index (χ0n) is 49.3. The highest BCUT2D eigenvalue weighted by atomic mass is 32.2. The first-order valence-electron chi connectivity index (χ1n) is 30.9. The van der Waals surface area contributed by atoms with Crippen molar-refractivity contribution in [3.63, 3.8) is 0 Å². The van der Waals surface area contributed by atoms with Crippen molar-refractivity contribution in [3.8, 4) is 0 Å². The van der Waals surface area contributed by atoms with Crippen LogP contribution in [0.25, 0.3) is 0 Å². The van der Waals surface area contributed by atoms with Crippen molar-refractivity contribution in [1.82, 2.24) is 42.5 Å². The maximum atomic E-state index is 4.50. The van der Waals surface area contributed by atoms with Crippen LogP contribution in [0.15, 0.2) is 243 Å². The second-order valence-corrected chi connectivity index (χ2v) is 32.6. The van der Waals surface area contributed by atoms with E-state index in [1.807, 2.05) is 0 Å². The highest BCUT2D eigenvalue weighted by molar-refractivity contribution is 8.04. The van der Waals surface area contributed by atoms with E-state index < -0.39 is 0 Å². The van der Waals surface area contributed by atoms with Gasteiger partial charge in [0.1, 0.15) is 0 Å². The Kier molecular flexibility index (Phi) is 23.1. The number of rotatable bonds is 24. The molecule has 8 unspecified atom stereocenters. The van der Waals surface area contributed by atoms with Gasteiger partial charge in [-0.25, -0.2) is 0 Å². The lowest BCUT2D eigenvalue weighted by Gasteiger charge is -2.31. The van der Waals surface area contributed by atoms with E-state index in [-0.39, 0.29) is 91.3 Å². The summed E-state index contributed by atoms with van der Waals surface area (Å²) in [5, 5.41) is 37.3. The second-order valence-electron chi connectivity index (χ2n) is 23.2. The van der Waals surface area contributed by atoms with E-state index in [0.717, 1.165) is 46.0 Å². The molecule has 0 saturated carbocycles. The van der Waals surface area contributed by atoms with E-state index in [1.165, 1.54) is 44.5 Å². The number of nitrogens with one attached hydrogen (secondary N) is 8. The maximum Gasteiger partial charge on any atom is 0.0730 e. The van der Waals surface area contributed by atoms with Gasteiger partial charge in [0.2, 0.25) is 0 Å². The molecule has 8 aromatic rings. The van der Waals surface area contributed by atoms with E-state index in [0.29, 0.717) is 0 Å². The van der Waals surface area contributed by atoms with Crippen LogP contribution in [0.4, 0.5) is 0 Å². The molecule has 0 aromatic heterocycles. The van der Waals surface area contributed by atoms with Crippen LogP contribution in [-0.4, -0.2) is 91.3 Å². The molecular formula is C72H80N8S8. The molecule has 8 aromatic carbocycles. The maximum absolute atomic E-state index is 4.50. The van der Waals surface area contributed by atoms with Gasteiger partial charge < -0.3 is 0 Å². The molecule has 5 aliphatic heterocycles. The summed E-state index contributed by atoms with van der Waals surface area (Å²) < 4.78 is 0. The lowest BCUT2D eigenvalue weighted by molar-refractivity contribution is 0.297. The monoisotopic (exact) mass is 1310 g/mol. The topological polar surface area (TPSA) is 96.2 Å². The van der Waals surface area contributed by atoms with Crippen molar-refractivity contribution in [3.05, 3.63) is 287 Å². The van der Waals surface area contributed by atoms with Gasteiger partial charge >= 0.3 is 0 Å². The Morgan fingerprint density at radius 3 is 0.364 bits per heavy atom. The van der Waals surface area contributed by atoms with Gasteiger partial charge in [0.05, 0.1) is 49.3 Å². The van der Waals surface area contributed by atoms with E-state index in [1.54, 1.807) is 0 Å². The average molecular weight is 1310 g/mol. The third-order valence-corrected chi connectivity index (χ3v) is 29.4. The van der Waals surface area contributed by atoms with Gasteiger partial charge in [0.15, 0.2) is 0 Å². The molecule has 8 bridgehead atoms. The number of benzene rings is 8. The molecule has 0 amide bonds. The Balaban J connectivity index is 0.927. The van der Waals surface area contributed by atoms with Crippen LogP contribution < -0.4 is 42.5 Å². The van der Waals surface area contributed by atoms with Gasteiger partial charge in [-0.1, -0.05) is 243 Å². The Labute approximate surface area is 556 Å². The first-order valence-corrected chi connectivity index (χ1v) is 39.3. The molecular weight excluding hydrogens is 1230 g/mol. The second kappa shape index (κ2) is 32.2. The predicted molar refractivity (Wildman–Crippen MR) is 388 cm³/mol. The highest BCUT2D eigenvalue weighted by Gasteiger charge is 2.55. The zero-order chi connectivity index (χ0) is 59.1. The molecule has 0 aliphatic carbocycles. The van der Waals surface area contributed by atoms with Crippen LogP contribution >= 0.6 is 94.1 Å². The van der Waals surface area contributed by atoms with Gasteiger partial charge in [-0.3, -0.25) is 42.5 Å². The van der Waals surface area contributed by atoms with Gasteiger partial charge in [-0.05, 0) is 44.5 Å². The molecule has 5 fully saturated rings. The Bertz CT molecular complexity index is 2650. The lowest BCUT2D eigenvalue weighted by Crippen LogP contribution is -2.62. The number of fused-ring (bicyclic) bond motifs is 8. The normalized spacial score (nSPS) is 29.3. The molecule has 88 heavy (non-hydrogen) atoms. The summed E-state index contributed by atoms with van der Waals surface area (Å²) in [6, 6.07) is 89.1. The summed E-state index contributed by atoms with van der Waals surface area (Å²) in [4.78, 5) is 0. The minimum Gasteiger partial charge on any atom is -0.285 e. The zero-order valence-corrected chi connectivity index (χ0v) is 55.8. The first kappa shape index (κ1) is 63.0. The van der Waals surface area contributed by atoms with Crippen molar-refractivity contribution < 1.29 is 0 Å². The molecule has 13 rings (SSSR count). The minimum absolute atomic E-state index is 0.0285. The van der Waals surface area contributed by atoms with E-state index in [2.05, 4.69) is 379 Å². The van der Waals surface area contributed by atoms with Crippen molar-refractivity contribution >= 4 is 94.1 Å². The van der Waals surface area contributed by atoms with Crippen LogP contribution in [0.1, 0.15) is 44.5 Å². The highest BCUT2D eigenvalue weighted by Crippen LogP contribution is 2.45. The van der Waals surface area contributed by atoms with Crippen molar-refractivity contribution in [2.45, 2.75) is 137 Å². The average Bonchev–Trinajstić information content (AvgIpc) is 3.43. The molecule has 8 atom stereocenters. The molecule has 8 nitrogen and oxygen atoms in total. The fourth-order valence-electron chi connectivity index (χ4n) is 12.6. The molecule has 5 heterocycles. The Hall–Kier alpha value is -3.76. The summed E-state index contributed by atoms with van der Waals surface area (Å²) in [6.07, 6.45) is -0.228. The van der Waals surface area contributed by atoms with Crippen molar-refractivity contribution in [2.75, 3.05) is 0 Å². The van der Waals surface area contributed by atoms with Crippen LogP contribution in [0.5, 0.6) is 0 Å². The predicted octanol–water partition coefficient (Wildman–Crippen LogP) is 13.8. The number of hydrogen-bond acceptors (Lipinski definition) is 16. The number of hydrogen-bond donors (Lipinski definition) is 8. The SMILES string of the molecule is c1ccc(CSC2C3NC(NC4NC(NC5NC(NC6NC(N3)C(SCc3ccccc3)C6SCc3ccccc3)C(SCc3ccccc3)C5SCc3ccccc3)C(SCc3ccccc3)C4SCc3ccccc3)C2SCc2ccccc2)cc1. The largest absolute Gasteiger partial charge is 0.285 e. The molecule has 16 heteroatoms. The standard InChI is InChI=1S/C72H80N8S8/c1-9-25-49(26-10-1)41-81-57-58(82-42-50-27-11-2-12-28-50)66-73-65(57)77-67-59(83-43-51-29-13-3-14-30-51)60(84-44-52-31-15-4-16-32-52)69(74-67)79-71-63(87-47-55-37-21-7-22-38-55)64(88-48-56-39-23-8-24-40-56)72(76-71)80-70-62(86-46-54-35-19-6-20-36-54)61(68(75-70)78-66)85-45-53-33-17-5-18-34-53/h1-40,57-80H,41-48H2. The van der Waals surface area contributed by atoms with Crippen molar-refractivity contribution in [2.24, 2.45) is 0 Å². The van der Waals surface area contributed by atoms with Gasteiger partial charge in [-0.2, -0.15) is 0 Å². The Morgan fingerprint density at radius 2 is 0.261 bits per heavy atom. The summed E-state index contributed by atoms with van der Waals surface area (Å²) in [5.41, 5.74) is 10.8. The molecule has 8 N–H and O–H groups in total. The third-order valence-electron chi connectivity index (χ3n) is 17.1. The van der Waals surface area contributed by atoms with Crippen LogP contribution in [0.2, 0.25) is 0 Å². The summed E-state index contributed by atoms with van der Waals surface area (Å²) in [5.74, 6) is 7.38. The first-order chi connectivity index (χ1) is 43.6. The smallest absolute Gasteiger partial charge is 0.0730 e. The summed E-state index contributed by atoms with van der Waals surface area (Å²) >= 11 is 16.9. The minimum atomic E-state index is -0.0285. The van der Waals surface area contributed by atoms with Gasteiger partial charge in [0.25, 0.3) is 0 Å². The number of thioether (sulfide) groups is 8. The van der Waals surface area contributed by atoms with E-state index in [9.17, 15) is 0 Å². The molecule has 5 saturated heterocycles. The molecule has 0 radical (unpaired) electrons. The quantitative estimate of drug-likeness (QED) is 0.0295. The lowest BCUT2D eigenvalue weighted by atomic mass is 10.2. The summed E-state index contributed by atoms with van der Waals surface area (Å²) in [7, 11) is 0. The molecule has 456 valence electrons. The molecule has 5 aliphatic rings. The van der Waals surface area contributed by atoms with Crippen LogP contribution in [0.3, 0.4) is 0 Å². The van der Waals surface area contributed by atoms with E-state index >= 15 is 0 Å². The van der Waals surface area contributed by atoms with Gasteiger partial charge in [0, 0.05) is 88.0 Å². The fraction of sp³-hybridized carbons (Fsp3) is 0.333. The van der Waals surface area contributed by atoms with Crippen LogP contribution in [-0.2, 0) is 46.0 Å².